The normalized spacial score (nSPS) is 11.4. The van der Waals surface area contributed by atoms with Crippen LogP contribution >= 0.6 is 0 Å². The van der Waals surface area contributed by atoms with E-state index in [9.17, 15) is 0 Å². The number of imidazole rings is 1. The van der Waals surface area contributed by atoms with E-state index in [2.05, 4.69) is 50.3 Å². The SMILES string of the molecule is Cc1nc(-c2n[nH]c3ccc(-c4cncc(CCCN)c4C)cc23)[nH]c1C. The van der Waals surface area contributed by atoms with Crippen LogP contribution in [0.2, 0.25) is 0 Å². The molecule has 6 heteroatoms. The van der Waals surface area contributed by atoms with Gasteiger partial charge in [-0.05, 0) is 69.0 Å². The number of nitrogens with one attached hydrogen (secondary N) is 2. The number of H-pyrrole nitrogens is 2. The van der Waals surface area contributed by atoms with Crippen molar-refractivity contribution in [1.29, 1.82) is 0 Å². The molecule has 4 aromatic rings. The van der Waals surface area contributed by atoms with Gasteiger partial charge in [0.2, 0.25) is 0 Å². The number of hydrogen-bond acceptors (Lipinski definition) is 4. The first-order valence-electron chi connectivity index (χ1n) is 9.24. The Morgan fingerprint density at radius 1 is 1.11 bits per heavy atom. The van der Waals surface area contributed by atoms with Crippen LogP contribution in [0.1, 0.15) is 28.9 Å². The van der Waals surface area contributed by atoms with Gasteiger partial charge in [-0.15, -0.1) is 0 Å². The van der Waals surface area contributed by atoms with Crippen molar-refractivity contribution < 1.29 is 0 Å². The Kier molecular flexibility index (Phi) is 4.49. The van der Waals surface area contributed by atoms with Crippen LogP contribution in [0.25, 0.3) is 33.5 Å². The first kappa shape index (κ1) is 17.4. The molecule has 0 aliphatic rings. The summed E-state index contributed by atoms with van der Waals surface area (Å²) in [5.74, 6) is 0.792. The van der Waals surface area contributed by atoms with Crippen LogP contribution in [0.5, 0.6) is 0 Å². The maximum absolute atomic E-state index is 5.67. The number of aryl methyl sites for hydroxylation is 3. The summed E-state index contributed by atoms with van der Waals surface area (Å²) in [5, 5.41) is 8.64. The summed E-state index contributed by atoms with van der Waals surface area (Å²) in [7, 11) is 0. The summed E-state index contributed by atoms with van der Waals surface area (Å²) in [6.07, 6.45) is 5.80. The lowest BCUT2D eigenvalue weighted by Gasteiger charge is -2.11. The number of pyridine rings is 1. The van der Waals surface area contributed by atoms with Crippen LogP contribution in [0.3, 0.4) is 0 Å². The number of hydrogen-bond donors (Lipinski definition) is 3. The highest BCUT2D eigenvalue weighted by molar-refractivity contribution is 5.94. The molecule has 0 radical (unpaired) electrons. The summed E-state index contributed by atoms with van der Waals surface area (Å²) in [4.78, 5) is 12.4. The molecule has 3 heterocycles. The van der Waals surface area contributed by atoms with Gasteiger partial charge in [-0.25, -0.2) is 4.98 Å². The monoisotopic (exact) mass is 360 g/mol. The standard InChI is InChI=1S/C21H24N6/c1-12-16(5-4-8-22)10-23-11-18(12)15-6-7-19-17(9-15)20(27-26-19)21-24-13(2)14(3)25-21/h6-7,9-11H,4-5,8,22H2,1-3H3,(H,24,25)(H,26,27). The Morgan fingerprint density at radius 3 is 2.70 bits per heavy atom. The Labute approximate surface area is 158 Å². The van der Waals surface area contributed by atoms with E-state index in [1.807, 2.05) is 26.2 Å². The quantitative estimate of drug-likeness (QED) is 0.504. The number of fused-ring (bicyclic) bond motifs is 1. The third kappa shape index (κ3) is 3.13. The minimum atomic E-state index is 0.690. The van der Waals surface area contributed by atoms with Crippen molar-refractivity contribution in [1.82, 2.24) is 25.1 Å². The van der Waals surface area contributed by atoms with Crippen molar-refractivity contribution in [3.63, 3.8) is 0 Å². The third-order valence-electron chi connectivity index (χ3n) is 5.20. The highest BCUT2D eigenvalue weighted by Gasteiger charge is 2.15. The molecular formula is C21H24N6. The molecule has 0 saturated carbocycles. The van der Waals surface area contributed by atoms with E-state index in [4.69, 9.17) is 5.73 Å². The second-order valence-corrected chi connectivity index (χ2v) is 6.99. The molecule has 0 spiro atoms. The van der Waals surface area contributed by atoms with Gasteiger partial charge in [0.25, 0.3) is 0 Å². The lowest BCUT2D eigenvalue weighted by molar-refractivity contribution is 0.824. The number of nitrogens with two attached hydrogens (primary N) is 1. The Bertz CT molecular complexity index is 1090. The Balaban J connectivity index is 1.81. The number of aromatic amines is 2. The molecular weight excluding hydrogens is 336 g/mol. The second-order valence-electron chi connectivity index (χ2n) is 6.99. The average molecular weight is 360 g/mol. The molecule has 4 N–H and O–H groups in total. The first-order chi connectivity index (χ1) is 13.1. The minimum Gasteiger partial charge on any atom is -0.340 e. The van der Waals surface area contributed by atoms with Crippen LogP contribution in [0.4, 0.5) is 0 Å². The predicted molar refractivity (Wildman–Crippen MR) is 108 cm³/mol. The summed E-state index contributed by atoms with van der Waals surface area (Å²) in [6, 6.07) is 6.34. The summed E-state index contributed by atoms with van der Waals surface area (Å²) >= 11 is 0. The van der Waals surface area contributed by atoms with Gasteiger partial charge in [-0.2, -0.15) is 5.10 Å². The molecule has 0 aliphatic heterocycles. The van der Waals surface area contributed by atoms with E-state index in [0.717, 1.165) is 57.8 Å². The third-order valence-corrected chi connectivity index (χ3v) is 5.20. The Morgan fingerprint density at radius 2 is 1.96 bits per heavy atom. The van der Waals surface area contributed by atoms with Crippen LogP contribution in [0.15, 0.2) is 30.6 Å². The average Bonchev–Trinajstić information content (AvgIpc) is 3.23. The van der Waals surface area contributed by atoms with Crippen LogP contribution in [0, 0.1) is 20.8 Å². The van der Waals surface area contributed by atoms with Gasteiger partial charge >= 0.3 is 0 Å². The summed E-state index contributed by atoms with van der Waals surface area (Å²) < 4.78 is 0. The first-order valence-corrected chi connectivity index (χ1v) is 9.24. The van der Waals surface area contributed by atoms with Crippen LogP contribution in [-0.2, 0) is 6.42 Å². The van der Waals surface area contributed by atoms with Gasteiger partial charge in [0.05, 0.1) is 11.2 Å². The highest BCUT2D eigenvalue weighted by atomic mass is 15.1. The molecule has 3 aromatic heterocycles. The molecule has 0 aliphatic carbocycles. The fourth-order valence-corrected chi connectivity index (χ4v) is 3.43. The largest absolute Gasteiger partial charge is 0.340 e. The van der Waals surface area contributed by atoms with E-state index < -0.39 is 0 Å². The van der Waals surface area contributed by atoms with E-state index >= 15 is 0 Å². The molecule has 0 bridgehead atoms. The van der Waals surface area contributed by atoms with Crippen molar-refractivity contribution in [2.24, 2.45) is 5.73 Å². The number of nitrogens with zero attached hydrogens (tertiary/aromatic N) is 3. The fraction of sp³-hybridized carbons (Fsp3) is 0.286. The zero-order valence-electron chi connectivity index (χ0n) is 15.9. The maximum atomic E-state index is 5.67. The molecule has 0 amide bonds. The molecule has 6 nitrogen and oxygen atoms in total. The summed E-state index contributed by atoms with van der Waals surface area (Å²) in [5.41, 5.74) is 14.3. The molecule has 0 atom stereocenters. The van der Waals surface area contributed by atoms with Crippen LogP contribution in [-0.4, -0.2) is 31.7 Å². The number of benzene rings is 1. The molecule has 0 unspecified atom stereocenters. The second kappa shape index (κ2) is 6.96. The smallest absolute Gasteiger partial charge is 0.159 e. The van der Waals surface area contributed by atoms with Crippen molar-refractivity contribution in [2.75, 3.05) is 6.54 Å². The van der Waals surface area contributed by atoms with Crippen molar-refractivity contribution in [3.8, 4) is 22.6 Å². The van der Waals surface area contributed by atoms with E-state index in [0.29, 0.717) is 6.54 Å². The molecule has 0 saturated heterocycles. The number of aromatic nitrogens is 5. The zero-order chi connectivity index (χ0) is 19.0. The highest BCUT2D eigenvalue weighted by Crippen LogP contribution is 2.31. The molecule has 0 fully saturated rings. The molecule has 1 aromatic carbocycles. The lowest BCUT2D eigenvalue weighted by atomic mass is 9.96. The fourth-order valence-electron chi connectivity index (χ4n) is 3.43. The van der Waals surface area contributed by atoms with Gasteiger partial charge < -0.3 is 10.7 Å². The Hall–Kier alpha value is -2.99. The van der Waals surface area contributed by atoms with Gasteiger partial charge in [-0.1, -0.05) is 6.07 Å². The molecule has 27 heavy (non-hydrogen) atoms. The van der Waals surface area contributed by atoms with Crippen molar-refractivity contribution in [2.45, 2.75) is 33.6 Å². The van der Waals surface area contributed by atoms with Crippen molar-refractivity contribution in [3.05, 3.63) is 53.1 Å². The topological polar surface area (TPSA) is 96.3 Å². The van der Waals surface area contributed by atoms with Crippen molar-refractivity contribution >= 4 is 10.9 Å². The zero-order valence-corrected chi connectivity index (χ0v) is 15.9. The van der Waals surface area contributed by atoms with E-state index in [1.54, 1.807) is 0 Å². The minimum absolute atomic E-state index is 0.690. The van der Waals surface area contributed by atoms with Gasteiger partial charge in [-0.3, -0.25) is 10.1 Å². The molecule has 4 rings (SSSR count). The van der Waals surface area contributed by atoms with Gasteiger partial charge in [0.15, 0.2) is 5.82 Å². The predicted octanol–water partition coefficient (Wildman–Crippen LogP) is 3.83. The maximum Gasteiger partial charge on any atom is 0.159 e. The summed E-state index contributed by atoms with van der Waals surface area (Å²) in [6.45, 7) is 6.87. The molecule has 138 valence electrons. The number of rotatable bonds is 5. The van der Waals surface area contributed by atoms with E-state index in [1.165, 1.54) is 11.1 Å². The van der Waals surface area contributed by atoms with Gasteiger partial charge in [0.1, 0.15) is 5.69 Å². The van der Waals surface area contributed by atoms with Gasteiger partial charge in [0, 0.05) is 29.0 Å². The lowest BCUT2D eigenvalue weighted by Crippen LogP contribution is -2.02. The van der Waals surface area contributed by atoms with Crippen LogP contribution < -0.4 is 5.73 Å². The van der Waals surface area contributed by atoms with E-state index in [-0.39, 0.29) is 0 Å².